The summed E-state index contributed by atoms with van der Waals surface area (Å²) in [4.78, 5) is 38.4. The summed E-state index contributed by atoms with van der Waals surface area (Å²) in [6, 6.07) is 8.71. The van der Waals surface area contributed by atoms with E-state index >= 15 is 0 Å². The van der Waals surface area contributed by atoms with Crippen molar-refractivity contribution in [3.8, 4) is 17.1 Å². The Balaban J connectivity index is 1.56. The van der Waals surface area contributed by atoms with Crippen molar-refractivity contribution in [3.63, 3.8) is 0 Å². The number of rotatable bonds is 7. The van der Waals surface area contributed by atoms with E-state index in [1.165, 1.54) is 6.07 Å². The van der Waals surface area contributed by atoms with E-state index in [1.54, 1.807) is 31.1 Å². The number of piperidine rings is 1. The van der Waals surface area contributed by atoms with Gasteiger partial charge in [0.15, 0.2) is 11.5 Å². The molecular formula is C21H25N3O6. The highest BCUT2D eigenvalue weighted by Gasteiger charge is 2.29. The van der Waals surface area contributed by atoms with E-state index in [2.05, 4.69) is 10.5 Å². The van der Waals surface area contributed by atoms with Crippen LogP contribution < -0.4 is 10.1 Å². The molecule has 30 heavy (non-hydrogen) atoms. The highest BCUT2D eigenvalue weighted by Crippen LogP contribution is 2.29. The largest absolute Gasteiger partial charge is 0.496 e. The fourth-order valence-corrected chi connectivity index (χ4v) is 3.37. The first-order valence-electron chi connectivity index (χ1n) is 9.86. The van der Waals surface area contributed by atoms with Crippen LogP contribution in [0.15, 0.2) is 34.9 Å². The lowest BCUT2D eigenvalue weighted by Gasteiger charge is -2.31. The van der Waals surface area contributed by atoms with E-state index in [0.29, 0.717) is 49.6 Å². The zero-order chi connectivity index (χ0) is 21.5. The maximum absolute atomic E-state index is 12.5. The van der Waals surface area contributed by atoms with Gasteiger partial charge >= 0.3 is 5.97 Å². The molecule has 1 aromatic carbocycles. The monoisotopic (exact) mass is 415 g/mol. The second kappa shape index (κ2) is 9.91. The van der Waals surface area contributed by atoms with Crippen molar-refractivity contribution < 1.29 is 28.4 Å². The molecule has 0 spiro atoms. The van der Waals surface area contributed by atoms with E-state index in [-0.39, 0.29) is 30.0 Å². The molecule has 1 fully saturated rings. The number of ether oxygens (including phenoxy) is 2. The zero-order valence-corrected chi connectivity index (χ0v) is 17.1. The minimum atomic E-state index is -0.521. The van der Waals surface area contributed by atoms with Gasteiger partial charge in [0.25, 0.3) is 5.91 Å². The van der Waals surface area contributed by atoms with Gasteiger partial charge in [-0.25, -0.2) is 0 Å². The van der Waals surface area contributed by atoms with Crippen LogP contribution in [-0.4, -0.2) is 61.2 Å². The first-order valence-corrected chi connectivity index (χ1v) is 9.86. The van der Waals surface area contributed by atoms with Crippen LogP contribution >= 0.6 is 0 Å². The van der Waals surface area contributed by atoms with Crippen molar-refractivity contribution in [1.82, 2.24) is 15.4 Å². The molecule has 1 aliphatic rings. The highest BCUT2D eigenvalue weighted by atomic mass is 16.5. The molecule has 2 aromatic rings. The second-order valence-electron chi connectivity index (χ2n) is 6.89. The lowest BCUT2D eigenvalue weighted by molar-refractivity contribution is -0.151. The number of benzene rings is 1. The summed E-state index contributed by atoms with van der Waals surface area (Å²) in [7, 11) is 1.54. The number of hydrogen-bond acceptors (Lipinski definition) is 7. The minimum Gasteiger partial charge on any atom is -0.496 e. The summed E-state index contributed by atoms with van der Waals surface area (Å²) in [6.45, 7) is 2.73. The summed E-state index contributed by atoms with van der Waals surface area (Å²) in [5.41, 5.74) is 0.729. The van der Waals surface area contributed by atoms with Gasteiger partial charge in [-0.05, 0) is 31.9 Å². The average molecular weight is 415 g/mol. The molecule has 0 bridgehead atoms. The molecule has 160 valence electrons. The van der Waals surface area contributed by atoms with Gasteiger partial charge in [0.2, 0.25) is 5.91 Å². The molecule has 2 heterocycles. The molecule has 9 nitrogen and oxygen atoms in total. The normalized spacial score (nSPS) is 16.1. The van der Waals surface area contributed by atoms with Gasteiger partial charge in [-0.15, -0.1) is 0 Å². The molecule has 1 N–H and O–H groups in total. The molecular weight excluding hydrogens is 390 g/mol. The van der Waals surface area contributed by atoms with Crippen molar-refractivity contribution >= 4 is 17.8 Å². The number of esters is 1. The molecule has 1 aliphatic heterocycles. The van der Waals surface area contributed by atoms with Gasteiger partial charge in [-0.1, -0.05) is 17.3 Å². The molecule has 0 radical (unpaired) electrons. The Kier molecular flexibility index (Phi) is 7.05. The molecule has 2 amide bonds. The predicted octanol–water partition coefficient (Wildman–Crippen LogP) is 1.88. The Morgan fingerprint density at radius 1 is 1.30 bits per heavy atom. The summed E-state index contributed by atoms with van der Waals surface area (Å²) < 4.78 is 15.6. The standard InChI is InChI=1S/C21H25N3O6/c1-3-29-21(27)14-7-6-10-24(13-14)19(25)12-22-20(26)16-11-18(30-23-16)15-8-4-5-9-17(15)28-2/h4-5,8-9,11,14H,3,6-7,10,12-13H2,1-2H3,(H,22,26). The van der Waals surface area contributed by atoms with Crippen molar-refractivity contribution in [1.29, 1.82) is 0 Å². The van der Waals surface area contributed by atoms with Crippen molar-refractivity contribution in [2.24, 2.45) is 5.92 Å². The van der Waals surface area contributed by atoms with Crippen LogP contribution in [0.4, 0.5) is 0 Å². The van der Waals surface area contributed by atoms with Crippen molar-refractivity contribution in [3.05, 3.63) is 36.0 Å². The number of hydrogen-bond donors (Lipinski definition) is 1. The first-order chi connectivity index (χ1) is 14.5. The summed E-state index contributed by atoms with van der Waals surface area (Å²) in [6.07, 6.45) is 1.41. The zero-order valence-electron chi connectivity index (χ0n) is 17.1. The fraction of sp³-hybridized carbons (Fsp3) is 0.429. The highest BCUT2D eigenvalue weighted by molar-refractivity contribution is 5.95. The fourth-order valence-electron chi connectivity index (χ4n) is 3.37. The maximum atomic E-state index is 12.5. The summed E-state index contributed by atoms with van der Waals surface area (Å²) in [5, 5.41) is 6.34. The molecule has 1 aromatic heterocycles. The Morgan fingerprint density at radius 2 is 2.10 bits per heavy atom. The second-order valence-corrected chi connectivity index (χ2v) is 6.89. The van der Waals surface area contributed by atoms with E-state index in [4.69, 9.17) is 14.0 Å². The van der Waals surface area contributed by atoms with Crippen molar-refractivity contribution in [2.45, 2.75) is 19.8 Å². The quantitative estimate of drug-likeness (QED) is 0.687. The lowest BCUT2D eigenvalue weighted by Crippen LogP contribution is -2.46. The summed E-state index contributed by atoms with van der Waals surface area (Å²) >= 11 is 0. The number of aromatic nitrogens is 1. The Hall–Kier alpha value is -3.36. The number of nitrogens with zero attached hydrogens (tertiary/aromatic N) is 2. The third kappa shape index (κ3) is 4.97. The molecule has 0 aliphatic carbocycles. The van der Waals surface area contributed by atoms with E-state index < -0.39 is 5.91 Å². The number of carbonyl (C=O) groups excluding carboxylic acids is 3. The van der Waals surface area contributed by atoms with Gasteiger partial charge in [0.05, 0.1) is 31.7 Å². The smallest absolute Gasteiger partial charge is 0.310 e. The van der Waals surface area contributed by atoms with Crippen LogP contribution in [0.1, 0.15) is 30.3 Å². The Labute approximate surface area is 174 Å². The SMILES string of the molecule is CCOC(=O)C1CCCN(C(=O)CNC(=O)c2cc(-c3ccccc3OC)on2)C1. The van der Waals surface area contributed by atoms with Crippen LogP contribution in [0.5, 0.6) is 5.75 Å². The van der Waals surface area contributed by atoms with Crippen LogP contribution in [-0.2, 0) is 14.3 Å². The predicted molar refractivity (Wildman–Crippen MR) is 107 cm³/mol. The number of nitrogens with one attached hydrogen (secondary N) is 1. The van der Waals surface area contributed by atoms with Crippen LogP contribution in [0, 0.1) is 5.92 Å². The van der Waals surface area contributed by atoms with Gasteiger partial charge in [-0.2, -0.15) is 0 Å². The van der Waals surface area contributed by atoms with Crippen molar-refractivity contribution in [2.75, 3.05) is 33.4 Å². The number of amides is 2. The molecule has 1 atom stereocenters. The molecule has 9 heteroatoms. The van der Waals surface area contributed by atoms with E-state index in [9.17, 15) is 14.4 Å². The van der Waals surface area contributed by atoms with Gasteiger partial charge in [0, 0.05) is 19.2 Å². The van der Waals surface area contributed by atoms with Gasteiger partial charge < -0.3 is 24.2 Å². The average Bonchev–Trinajstić information content (AvgIpc) is 3.27. The van der Waals surface area contributed by atoms with Gasteiger partial charge in [0.1, 0.15) is 5.75 Å². The van der Waals surface area contributed by atoms with Crippen LogP contribution in [0.3, 0.4) is 0 Å². The van der Waals surface area contributed by atoms with E-state index in [0.717, 1.165) is 0 Å². The van der Waals surface area contributed by atoms with Gasteiger partial charge in [-0.3, -0.25) is 14.4 Å². The third-order valence-electron chi connectivity index (χ3n) is 4.91. The molecule has 3 rings (SSSR count). The number of para-hydroxylation sites is 1. The molecule has 1 unspecified atom stereocenters. The molecule has 0 saturated carbocycles. The van der Waals surface area contributed by atoms with E-state index in [1.807, 2.05) is 12.1 Å². The molecule has 1 saturated heterocycles. The topological polar surface area (TPSA) is 111 Å². The Morgan fingerprint density at radius 3 is 2.87 bits per heavy atom. The summed E-state index contributed by atoms with van der Waals surface area (Å²) in [5.74, 6) is -0.407. The Bertz CT molecular complexity index is 910. The lowest BCUT2D eigenvalue weighted by atomic mass is 9.98. The third-order valence-corrected chi connectivity index (χ3v) is 4.91. The van der Waals surface area contributed by atoms with Crippen LogP contribution in [0.25, 0.3) is 11.3 Å². The maximum Gasteiger partial charge on any atom is 0.310 e. The number of likely N-dealkylation sites (tertiary alicyclic amines) is 1. The minimum absolute atomic E-state index is 0.0618. The first kappa shape index (κ1) is 21.4. The number of methoxy groups -OCH3 is 1. The van der Waals surface area contributed by atoms with Crippen LogP contribution in [0.2, 0.25) is 0 Å². The number of carbonyl (C=O) groups is 3.